The molecule has 0 saturated heterocycles. The number of aromatic carboxylic acids is 1. The molecule has 0 aliphatic rings. The lowest BCUT2D eigenvalue weighted by molar-refractivity contribution is -0.136. The number of rotatable bonds is 3. The summed E-state index contributed by atoms with van der Waals surface area (Å²) in [6, 6.07) is 4.28. The molecule has 1 aromatic carbocycles. The maximum Gasteiger partial charge on any atom is 0.336 e. The number of carboxylic acid groups (broad SMARTS) is 2. The van der Waals surface area contributed by atoms with Crippen LogP contribution in [0.1, 0.15) is 15.9 Å². The molecule has 5 nitrogen and oxygen atoms in total. The normalized spacial score (nSPS) is 9.71. The van der Waals surface area contributed by atoms with Gasteiger partial charge in [0.15, 0.2) is 0 Å². The molecular formula is C9H9NO4. The summed E-state index contributed by atoms with van der Waals surface area (Å²) in [5.74, 6) is -2.28. The highest BCUT2D eigenvalue weighted by molar-refractivity contribution is 5.92. The Bertz CT molecular complexity index is 386. The predicted octanol–water partition coefficient (Wildman–Crippen LogP) is 0.594. The van der Waals surface area contributed by atoms with Gasteiger partial charge in [-0.2, -0.15) is 0 Å². The summed E-state index contributed by atoms with van der Waals surface area (Å²) >= 11 is 0. The number of nitrogens with two attached hydrogens (primary N) is 1. The minimum Gasteiger partial charge on any atom is -0.481 e. The first-order chi connectivity index (χ1) is 6.52. The summed E-state index contributed by atoms with van der Waals surface area (Å²) in [4.78, 5) is 21.2. The van der Waals surface area contributed by atoms with Gasteiger partial charge in [-0.25, -0.2) is 4.79 Å². The molecule has 0 radical (unpaired) electrons. The first-order valence-corrected chi connectivity index (χ1v) is 3.85. The molecule has 1 aromatic rings. The van der Waals surface area contributed by atoms with E-state index in [0.717, 1.165) is 0 Å². The van der Waals surface area contributed by atoms with Crippen molar-refractivity contribution in [1.82, 2.24) is 0 Å². The average Bonchev–Trinajstić information content (AvgIpc) is 2.07. The van der Waals surface area contributed by atoms with E-state index < -0.39 is 11.9 Å². The number of hydrogen-bond donors (Lipinski definition) is 3. The number of carbonyl (C=O) groups is 2. The minimum absolute atomic E-state index is 0.0626. The van der Waals surface area contributed by atoms with E-state index in [9.17, 15) is 9.59 Å². The van der Waals surface area contributed by atoms with E-state index in [4.69, 9.17) is 15.9 Å². The van der Waals surface area contributed by atoms with Crippen LogP contribution in [0, 0.1) is 0 Å². The number of anilines is 1. The molecule has 4 N–H and O–H groups in total. The molecule has 74 valence electrons. The lowest BCUT2D eigenvalue weighted by Crippen LogP contribution is -2.10. The van der Waals surface area contributed by atoms with E-state index in [2.05, 4.69) is 0 Å². The SMILES string of the molecule is Nc1cccc(C(=O)O)c1CC(=O)O. The zero-order valence-electron chi connectivity index (χ0n) is 7.23. The molecule has 0 aromatic heterocycles. The highest BCUT2D eigenvalue weighted by Crippen LogP contribution is 2.17. The van der Waals surface area contributed by atoms with Crippen LogP contribution in [0.5, 0.6) is 0 Å². The molecule has 0 bridgehead atoms. The summed E-state index contributed by atoms with van der Waals surface area (Å²) < 4.78 is 0. The second-order valence-electron chi connectivity index (χ2n) is 2.75. The Hall–Kier alpha value is -2.04. The molecule has 0 unspecified atom stereocenters. The summed E-state index contributed by atoms with van der Waals surface area (Å²) in [5, 5.41) is 17.3. The number of carboxylic acids is 2. The van der Waals surface area contributed by atoms with Crippen LogP contribution < -0.4 is 5.73 Å². The Morgan fingerprint density at radius 2 is 1.93 bits per heavy atom. The third kappa shape index (κ3) is 2.01. The largest absolute Gasteiger partial charge is 0.481 e. The van der Waals surface area contributed by atoms with Crippen molar-refractivity contribution in [1.29, 1.82) is 0 Å². The maximum atomic E-state index is 10.7. The van der Waals surface area contributed by atoms with Crippen molar-refractivity contribution in [2.75, 3.05) is 5.73 Å². The molecule has 0 heterocycles. The second kappa shape index (κ2) is 3.78. The van der Waals surface area contributed by atoms with E-state index in [1.54, 1.807) is 0 Å². The van der Waals surface area contributed by atoms with E-state index in [1.807, 2.05) is 0 Å². The minimum atomic E-state index is -1.17. The maximum absolute atomic E-state index is 10.7. The van der Waals surface area contributed by atoms with Gasteiger partial charge in [-0.1, -0.05) is 6.07 Å². The van der Waals surface area contributed by atoms with Gasteiger partial charge in [0.2, 0.25) is 0 Å². The van der Waals surface area contributed by atoms with Gasteiger partial charge < -0.3 is 15.9 Å². The number of aliphatic carboxylic acids is 1. The third-order valence-electron chi connectivity index (χ3n) is 1.77. The topological polar surface area (TPSA) is 101 Å². The van der Waals surface area contributed by atoms with Crippen LogP contribution in [0.3, 0.4) is 0 Å². The quantitative estimate of drug-likeness (QED) is 0.613. The van der Waals surface area contributed by atoms with Gasteiger partial charge in [0, 0.05) is 11.3 Å². The molecule has 0 fully saturated rings. The highest BCUT2D eigenvalue weighted by atomic mass is 16.4. The lowest BCUT2D eigenvalue weighted by atomic mass is 10.0. The molecular weight excluding hydrogens is 186 g/mol. The van der Waals surface area contributed by atoms with E-state index in [-0.39, 0.29) is 23.2 Å². The summed E-state index contributed by atoms with van der Waals surface area (Å²) in [5.41, 5.74) is 5.75. The summed E-state index contributed by atoms with van der Waals surface area (Å²) in [7, 11) is 0. The van der Waals surface area contributed by atoms with Gasteiger partial charge in [0.05, 0.1) is 12.0 Å². The van der Waals surface area contributed by atoms with Gasteiger partial charge >= 0.3 is 11.9 Å². The molecule has 0 spiro atoms. The molecule has 5 heteroatoms. The molecule has 0 aliphatic carbocycles. The van der Waals surface area contributed by atoms with Crippen LogP contribution in [0.15, 0.2) is 18.2 Å². The van der Waals surface area contributed by atoms with Crippen molar-refractivity contribution in [3.8, 4) is 0 Å². The van der Waals surface area contributed by atoms with Gasteiger partial charge in [0.1, 0.15) is 0 Å². The second-order valence-corrected chi connectivity index (χ2v) is 2.75. The summed E-state index contributed by atoms with van der Waals surface area (Å²) in [6.07, 6.45) is -0.381. The Labute approximate surface area is 79.8 Å². The lowest BCUT2D eigenvalue weighted by Gasteiger charge is -2.06. The molecule has 14 heavy (non-hydrogen) atoms. The highest BCUT2D eigenvalue weighted by Gasteiger charge is 2.14. The van der Waals surface area contributed by atoms with E-state index >= 15 is 0 Å². The smallest absolute Gasteiger partial charge is 0.336 e. The Morgan fingerprint density at radius 3 is 2.43 bits per heavy atom. The fourth-order valence-corrected chi connectivity index (χ4v) is 1.15. The fraction of sp³-hybridized carbons (Fsp3) is 0.111. The average molecular weight is 195 g/mol. The van der Waals surface area contributed by atoms with Crippen molar-refractivity contribution < 1.29 is 19.8 Å². The predicted molar refractivity (Wildman–Crippen MR) is 49.2 cm³/mol. The van der Waals surface area contributed by atoms with Crippen LogP contribution in [-0.4, -0.2) is 22.2 Å². The first-order valence-electron chi connectivity index (χ1n) is 3.85. The molecule has 0 saturated carbocycles. The van der Waals surface area contributed by atoms with Gasteiger partial charge in [-0.3, -0.25) is 4.79 Å². The van der Waals surface area contributed by atoms with Crippen LogP contribution >= 0.6 is 0 Å². The zero-order chi connectivity index (χ0) is 10.7. The monoisotopic (exact) mass is 195 g/mol. The van der Waals surface area contributed by atoms with Crippen molar-refractivity contribution >= 4 is 17.6 Å². The van der Waals surface area contributed by atoms with Crippen LogP contribution in [-0.2, 0) is 11.2 Å². The van der Waals surface area contributed by atoms with E-state index in [1.165, 1.54) is 18.2 Å². The van der Waals surface area contributed by atoms with E-state index in [0.29, 0.717) is 0 Å². The summed E-state index contributed by atoms with van der Waals surface area (Å²) in [6.45, 7) is 0. The van der Waals surface area contributed by atoms with Gasteiger partial charge in [-0.15, -0.1) is 0 Å². The molecule has 0 amide bonds. The first kappa shape index (κ1) is 10.0. The van der Waals surface area contributed by atoms with Crippen molar-refractivity contribution in [3.63, 3.8) is 0 Å². The van der Waals surface area contributed by atoms with Gasteiger partial charge in [0.25, 0.3) is 0 Å². The van der Waals surface area contributed by atoms with Crippen molar-refractivity contribution in [2.24, 2.45) is 0 Å². The van der Waals surface area contributed by atoms with Crippen LogP contribution in [0.4, 0.5) is 5.69 Å². The number of nitrogen functional groups attached to an aromatic ring is 1. The Morgan fingerprint density at radius 1 is 1.29 bits per heavy atom. The molecule has 1 rings (SSSR count). The fourth-order valence-electron chi connectivity index (χ4n) is 1.15. The number of hydrogen-bond acceptors (Lipinski definition) is 3. The van der Waals surface area contributed by atoms with Gasteiger partial charge in [-0.05, 0) is 12.1 Å². The Kier molecular flexibility index (Phi) is 2.71. The third-order valence-corrected chi connectivity index (χ3v) is 1.77. The number of benzene rings is 1. The van der Waals surface area contributed by atoms with Crippen molar-refractivity contribution in [2.45, 2.75) is 6.42 Å². The molecule has 0 atom stereocenters. The zero-order valence-corrected chi connectivity index (χ0v) is 7.23. The Balaban J connectivity index is 3.22. The van der Waals surface area contributed by atoms with Crippen molar-refractivity contribution in [3.05, 3.63) is 29.3 Å². The van der Waals surface area contributed by atoms with Crippen LogP contribution in [0.2, 0.25) is 0 Å². The van der Waals surface area contributed by atoms with Crippen LogP contribution in [0.25, 0.3) is 0 Å². The standard InChI is InChI=1S/C9H9NO4/c10-7-3-1-2-5(9(13)14)6(7)4-8(11)12/h1-3H,4,10H2,(H,11,12)(H,13,14). The molecule has 0 aliphatic heterocycles.